The lowest BCUT2D eigenvalue weighted by Gasteiger charge is -2.42. The molecule has 0 saturated carbocycles. The van der Waals surface area contributed by atoms with Gasteiger partial charge in [-0.1, -0.05) is 91.9 Å². The van der Waals surface area contributed by atoms with Crippen LogP contribution in [0.25, 0.3) is 10.8 Å². The predicted molar refractivity (Wildman–Crippen MR) is 375 cm³/mol. The van der Waals surface area contributed by atoms with E-state index in [1.807, 2.05) is 36.4 Å². The number of carbonyl (C=O) groups is 5. The molecule has 5 aromatic rings. The maximum atomic E-state index is 14.1. The average Bonchev–Trinajstić information content (AvgIpc) is 1.57. The molecule has 3 saturated heterocycles. The minimum atomic E-state index is -1.04. The molecule has 3 atom stereocenters. The van der Waals surface area contributed by atoms with Gasteiger partial charge in [-0.15, -0.1) is 0 Å². The van der Waals surface area contributed by atoms with Gasteiger partial charge in [0.25, 0.3) is 11.8 Å². The van der Waals surface area contributed by atoms with Crippen molar-refractivity contribution in [1.29, 1.82) is 5.26 Å². The number of carbonyl (C=O) groups excluding carboxylic acids is 5. The number of hydrogen-bond acceptors (Lipinski definition) is 18. The molecule has 5 aliphatic rings. The zero-order valence-corrected chi connectivity index (χ0v) is 57.9. The second-order valence-electron chi connectivity index (χ2n) is 25.5. The van der Waals surface area contributed by atoms with E-state index in [1.165, 1.54) is 9.80 Å². The summed E-state index contributed by atoms with van der Waals surface area (Å²) in [6.07, 6.45) is 11.4. The number of hydrogen-bond donors (Lipinski definition) is 3. The molecule has 0 spiro atoms. The monoisotopic (exact) mass is 1400 g/mol. The quantitative estimate of drug-likeness (QED) is 0.0188. The average molecular weight is 1410 g/mol. The van der Waals surface area contributed by atoms with Gasteiger partial charge in [0.05, 0.1) is 102 Å². The first kappa shape index (κ1) is 74.1. The molecule has 0 radical (unpaired) electrons. The summed E-state index contributed by atoms with van der Waals surface area (Å²) in [5.74, 6) is -2.13. The van der Waals surface area contributed by atoms with Gasteiger partial charge >= 0.3 is 12.0 Å². The van der Waals surface area contributed by atoms with Gasteiger partial charge in [0.15, 0.2) is 5.83 Å². The molecule has 23 nitrogen and oxygen atoms in total. The largest absolute Gasteiger partial charge is 0.462 e. The van der Waals surface area contributed by atoms with Gasteiger partial charge in [0.1, 0.15) is 18.5 Å². The Labute approximate surface area is 588 Å². The van der Waals surface area contributed by atoms with Crippen molar-refractivity contribution in [2.24, 2.45) is 0 Å². The lowest BCUT2D eigenvalue weighted by atomic mass is 10.0. The summed E-state index contributed by atoms with van der Waals surface area (Å²) in [6.45, 7) is 14.3. The highest BCUT2D eigenvalue weighted by molar-refractivity contribution is 6.36. The van der Waals surface area contributed by atoms with E-state index in [1.54, 1.807) is 18.2 Å². The minimum Gasteiger partial charge on any atom is -0.462 e. The lowest BCUT2D eigenvalue weighted by Crippen LogP contribution is -2.55. The van der Waals surface area contributed by atoms with Crippen LogP contribution >= 0.6 is 23.2 Å². The number of piperidine rings is 1. The van der Waals surface area contributed by atoms with E-state index in [0.29, 0.717) is 146 Å². The first-order chi connectivity index (χ1) is 48.3. The Kier molecular flexibility index (Phi) is 28.7. The van der Waals surface area contributed by atoms with E-state index in [4.69, 9.17) is 66.3 Å². The topological polar surface area (TPSA) is 252 Å². The molecule has 0 aliphatic carbocycles. The zero-order chi connectivity index (χ0) is 69.3. The third-order valence-corrected chi connectivity index (χ3v) is 19.1. The van der Waals surface area contributed by atoms with Gasteiger partial charge in [0.2, 0.25) is 11.8 Å². The molecule has 532 valence electrons. The van der Waals surface area contributed by atoms with E-state index >= 15 is 0 Å². The molecular formula is C73H92Cl2FN11O12. The Morgan fingerprint density at radius 3 is 2.13 bits per heavy atom. The van der Waals surface area contributed by atoms with Crippen LogP contribution in [-0.4, -0.2) is 198 Å². The molecular weight excluding hydrogens is 1310 g/mol. The number of amides is 6. The number of nitrogens with one attached hydrogen (secondary N) is 3. The van der Waals surface area contributed by atoms with Crippen molar-refractivity contribution >= 4 is 80.8 Å². The first-order valence-corrected chi connectivity index (χ1v) is 35.6. The van der Waals surface area contributed by atoms with Crippen LogP contribution in [0.4, 0.5) is 26.4 Å². The van der Waals surface area contributed by atoms with Crippen molar-refractivity contribution < 1.29 is 61.5 Å². The van der Waals surface area contributed by atoms with Gasteiger partial charge in [0, 0.05) is 104 Å². The summed E-state index contributed by atoms with van der Waals surface area (Å²) in [6, 6.07) is 24.1. The van der Waals surface area contributed by atoms with E-state index in [9.17, 15) is 33.6 Å². The Balaban J connectivity index is 0.510. The normalized spacial score (nSPS) is 17.8. The summed E-state index contributed by atoms with van der Waals surface area (Å²) in [7, 11) is 0. The number of nitrogens with zero attached hydrogens (tertiary/aromatic N) is 8. The van der Waals surface area contributed by atoms with Gasteiger partial charge in [-0.2, -0.15) is 15.2 Å². The molecule has 1 aromatic heterocycles. The number of aromatic nitrogens is 2. The number of likely N-dealkylation sites (tertiary alicyclic amines) is 1. The van der Waals surface area contributed by atoms with Crippen LogP contribution in [0.3, 0.4) is 0 Å². The van der Waals surface area contributed by atoms with Crippen LogP contribution in [-0.2, 0) is 75.3 Å². The van der Waals surface area contributed by atoms with E-state index in [0.717, 1.165) is 128 Å². The second-order valence-corrected chi connectivity index (χ2v) is 26.3. The van der Waals surface area contributed by atoms with Crippen molar-refractivity contribution in [2.75, 3.05) is 140 Å². The molecule has 6 amide bonds. The fourth-order valence-corrected chi connectivity index (χ4v) is 14.1. The predicted octanol–water partition coefficient (Wildman–Crippen LogP) is 9.91. The number of urea groups is 1. The van der Waals surface area contributed by atoms with Gasteiger partial charge < -0.3 is 63.4 Å². The first-order valence-electron chi connectivity index (χ1n) is 34.8. The molecule has 6 heterocycles. The smallest absolute Gasteiger partial charge is 0.319 e. The molecule has 10 rings (SSSR count). The standard InChI is InChI=1S/C73H92Cl2FN11O12/c1-51(76)70(90)86-29-28-85(48-58(86)22-24-77)68-61-23-27-84(64-17-9-14-54-13-8-16-62(75)67(54)64)49-63(61)80-73(82-68)99-50-59-15-10-25-83(59)26-11-31-94-33-35-96-37-39-98-41-40-97-38-36-95-34-32-93-30-7-5-3-2-4-6-12-52-43-56(74)45-57(44-52)79-72(92)78-46-53-18-19-60-55(42-53)47-87(71(60)91)65-20-21-66(88)81-69(65)89/h8-9,13-14,16-19,42-45,58-59,65H,1-7,10-12,15,20-23,25-41,46-50H2,(H2,78,79,92)(H,81,88,89)/t58-,59-,65?/m1/s1. The summed E-state index contributed by atoms with van der Waals surface area (Å²) in [5, 5.41) is 21.1. The van der Waals surface area contributed by atoms with Crippen LogP contribution in [0.1, 0.15) is 115 Å². The van der Waals surface area contributed by atoms with E-state index in [2.05, 4.69) is 61.5 Å². The van der Waals surface area contributed by atoms with E-state index < -0.39 is 29.7 Å². The third-order valence-electron chi connectivity index (χ3n) is 18.6. The number of piperazine rings is 1. The zero-order valence-electron chi connectivity index (χ0n) is 56.4. The Hall–Kier alpha value is -7.57. The summed E-state index contributed by atoms with van der Waals surface area (Å²) in [5.41, 5.74) is 6.62. The number of rotatable bonds is 39. The highest BCUT2D eigenvalue weighted by Crippen LogP contribution is 2.38. The molecule has 26 heteroatoms. The molecule has 3 fully saturated rings. The Bertz CT molecular complexity index is 3620. The Morgan fingerprint density at radius 2 is 1.41 bits per heavy atom. The van der Waals surface area contributed by atoms with Crippen molar-refractivity contribution in [3.63, 3.8) is 0 Å². The third kappa shape index (κ3) is 21.5. The highest BCUT2D eigenvalue weighted by atomic mass is 35.5. The highest BCUT2D eigenvalue weighted by Gasteiger charge is 2.40. The number of ether oxygens (including phenoxy) is 7. The van der Waals surface area contributed by atoms with Crippen LogP contribution in [0.15, 0.2) is 85.2 Å². The fraction of sp³-hybridized carbons (Fsp3) is 0.534. The van der Waals surface area contributed by atoms with Crippen LogP contribution in [0.2, 0.25) is 10.0 Å². The molecule has 5 aliphatic heterocycles. The van der Waals surface area contributed by atoms with Crippen LogP contribution in [0, 0.1) is 11.3 Å². The molecule has 1 unspecified atom stereocenters. The Morgan fingerprint density at radius 1 is 0.717 bits per heavy atom. The second kappa shape index (κ2) is 38.3. The summed E-state index contributed by atoms with van der Waals surface area (Å²) >= 11 is 13.2. The van der Waals surface area contributed by atoms with Crippen molar-refractivity contribution in [3.8, 4) is 12.1 Å². The lowest BCUT2D eigenvalue weighted by molar-refractivity contribution is -0.137. The van der Waals surface area contributed by atoms with Gasteiger partial charge in [-0.05, 0) is 116 Å². The summed E-state index contributed by atoms with van der Waals surface area (Å²) < 4.78 is 55.0. The van der Waals surface area contributed by atoms with Crippen molar-refractivity contribution in [1.82, 2.24) is 35.3 Å². The molecule has 3 N–H and O–H groups in total. The SMILES string of the molecule is C=C(F)C(=O)N1CCN(c2nc(OC[C@H]3CCCN3CCCOCCOCCOCCOCCOCCOCCCCCCCCc3cc(Cl)cc(NC(=O)NCc4ccc5c(c4)CN(C4CCC(=O)NC4=O)C5=O)c3)nc3c2CCN(c2cccc4cccc(Cl)c24)C3)C[C@H]1CC#N. The number of benzene rings is 4. The molecule has 0 bridgehead atoms. The number of anilines is 3. The molecule has 99 heavy (non-hydrogen) atoms. The van der Waals surface area contributed by atoms with Gasteiger partial charge in [-0.3, -0.25) is 29.4 Å². The minimum absolute atomic E-state index is 0.0404. The van der Waals surface area contributed by atoms with Crippen LogP contribution < -0.4 is 30.5 Å². The van der Waals surface area contributed by atoms with Crippen LogP contribution in [0.5, 0.6) is 6.01 Å². The maximum Gasteiger partial charge on any atom is 0.319 e. The van der Waals surface area contributed by atoms with Crippen molar-refractivity contribution in [2.45, 2.75) is 128 Å². The number of halogens is 3. The number of imide groups is 1. The fourth-order valence-electron chi connectivity index (χ4n) is 13.5. The summed E-state index contributed by atoms with van der Waals surface area (Å²) in [4.78, 5) is 82.5. The number of unbranched alkanes of at least 4 members (excludes halogenated alkanes) is 5. The van der Waals surface area contributed by atoms with Crippen molar-refractivity contribution in [3.05, 3.63) is 129 Å². The number of nitriles is 1. The molecule has 4 aromatic carbocycles. The van der Waals surface area contributed by atoms with E-state index in [-0.39, 0.29) is 62.4 Å². The maximum absolute atomic E-state index is 14.1. The number of aryl methyl sites for hydroxylation is 1. The van der Waals surface area contributed by atoms with Gasteiger partial charge in [-0.25, -0.2) is 9.18 Å². The number of fused-ring (bicyclic) bond motifs is 3.